The second-order valence-corrected chi connectivity index (χ2v) is 4.29. The van der Waals surface area contributed by atoms with Gasteiger partial charge in [0, 0.05) is 30.7 Å². The fraction of sp³-hybridized carbons (Fsp3) is 0.700. The van der Waals surface area contributed by atoms with Crippen LogP contribution in [0.15, 0.2) is 17.6 Å². The lowest BCUT2D eigenvalue weighted by Crippen LogP contribution is -2.29. The van der Waals surface area contributed by atoms with Gasteiger partial charge in [-0.3, -0.25) is 0 Å². The maximum atomic E-state index is 4.15. The van der Waals surface area contributed by atoms with Crippen LogP contribution in [0.1, 0.15) is 26.7 Å². The van der Waals surface area contributed by atoms with E-state index < -0.39 is 0 Å². The highest BCUT2D eigenvalue weighted by molar-refractivity contribution is 7.99. The fourth-order valence-corrected chi connectivity index (χ4v) is 2.02. The van der Waals surface area contributed by atoms with Crippen molar-refractivity contribution in [2.24, 2.45) is 0 Å². The second kappa shape index (κ2) is 6.90. The van der Waals surface area contributed by atoms with Crippen LogP contribution in [0, 0.1) is 0 Å². The lowest BCUT2D eigenvalue weighted by Gasteiger charge is -2.13. The Hall–Kier alpha value is -0.480. The van der Waals surface area contributed by atoms with Gasteiger partial charge in [-0.25, -0.2) is 4.98 Å². The zero-order chi connectivity index (χ0) is 10.2. The lowest BCUT2D eigenvalue weighted by molar-refractivity contribution is 0.501. The van der Waals surface area contributed by atoms with Crippen LogP contribution in [0.4, 0.5) is 0 Å². The average molecular weight is 213 g/mol. The van der Waals surface area contributed by atoms with Gasteiger partial charge in [-0.2, -0.15) is 0 Å². The first kappa shape index (κ1) is 11.6. The minimum absolute atomic E-state index is 0.673. The zero-order valence-corrected chi connectivity index (χ0v) is 9.73. The van der Waals surface area contributed by atoms with E-state index in [0.717, 1.165) is 17.5 Å². The van der Waals surface area contributed by atoms with E-state index in [0.29, 0.717) is 6.04 Å². The van der Waals surface area contributed by atoms with E-state index >= 15 is 0 Å². The number of H-pyrrole nitrogens is 1. The van der Waals surface area contributed by atoms with Gasteiger partial charge in [-0.1, -0.05) is 25.6 Å². The van der Waals surface area contributed by atoms with Crippen molar-refractivity contribution in [3.05, 3.63) is 12.4 Å². The summed E-state index contributed by atoms with van der Waals surface area (Å²) in [6.07, 6.45) is 6.07. The number of aromatic amines is 1. The summed E-state index contributed by atoms with van der Waals surface area (Å²) >= 11 is 1.76. The quantitative estimate of drug-likeness (QED) is 0.539. The third-order valence-corrected chi connectivity index (χ3v) is 3.14. The Balaban J connectivity index is 2.04. The van der Waals surface area contributed by atoms with Gasteiger partial charge in [0.2, 0.25) is 0 Å². The van der Waals surface area contributed by atoms with Crippen molar-refractivity contribution in [1.29, 1.82) is 0 Å². The molecular formula is C10H19N3S. The number of hydrogen-bond acceptors (Lipinski definition) is 3. The Kier molecular flexibility index (Phi) is 5.71. The molecule has 0 aliphatic rings. The van der Waals surface area contributed by atoms with Crippen LogP contribution in [0.5, 0.6) is 0 Å². The molecule has 0 aliphatic heterocycles. The molecule has 0 amide bonds. The van der Waals surface area contributed by atoms with Gasteiger partial charge in [0.25, 0.3) is 0 Å². The molecule has 0 unspecified atom stereocenters. The van der Waals surface area contributed by atoms with E-state index in [9.17, 15) is 0 Å². The topological polar surface area (TPSA) is 40.7 Å². The molecule has 4 heteroatoms. The number of nitrogens with zero attached hydrogens (tertiary/aromatic N) is 1. The third kappa shape index (κ3) is 4.15. The molecule has 1 aromatic rings. The maximum Gasteiger partial charge on any atom is 0.165 e. The van der Waals surface area contributed by atoms with Gasteiger partial charge >= 0.3 is 0 Å². The van der Waals surface area contributed by atoms with E-state index in [4.69, 9.17) is 0 Å². The first-order valence-electron chi connectivity index (χ1n) is 5.22. The van der Waals surface area contributed by atoms with Crippen LogP contribution in [0.3, 0.4) is 0 Å². The van der Waals surface area contributed by atoms with E-state index in [-0.39, 0.29) is 0 Å². The average Bonchev–Trinajstić information content (AvgIpc) is 2.71. The molecule has 2 N–H and O–H groups in total. The van der Waals surface area contributed by atoms with Crippen LogP contribution in [-0.2, 0) is 0 Å². The minimum atomic E-state index is 0.673. The number of hydrogen-bond donors (Lipinski definition) is 2. The van der Waals surface area contributed by atoms with Crippen molar-refractivity contribution >= 4 is 11.8 Å². The summed E-state index contributed by atoms with van der Waals surface area (Å²) in [7, 11) is 0. The highest BCUT2D eigenvalue weighted by Crippen LogP contribution is 2.10. The third-order valence-electron chi connectivity index (χ3n) is 2.23. The molecule has 0 saturated carbocycles. The Morgan fingerprint density at radius 1 is 1.50 bits per heavy atom. The van der Waals surface area contributed by atoms with Gasteiger partial charge in [-0.15, -0.1) is 0 Å². The number of aromatic nitrogens is 2. The highest BCUT2D eigenvalue weighted by Gasteiger charge is 2.01. The molecule has 3 nitrogen and oxygen atoms in total. The fourth-order valence-electron chi connectivity index (χ4n) is 1.32. The summed E-state index contributed by atoms with van der Waals surface area (Å²) in [4.78, 5) is 7.23. The van der Waals surface area contributed by atoms with Gasteiger partial charge in [-0.05, 0) is 12.8 Å². The van der Waals surface area contributed by atoms with E-state index in [2.05, 4.69) is 29.1 Å². The predicted molar refractivity (Wildman–Crippen MR) is 61.7 cm³/mol. The lowest BCUT2D eigenvalue weighted by atomic mass is 10.2. The van der Waals surface area contributed by atoms with Crippen LogP contribution < -0.4 is 5.32 Å². The number of nitrogens with one attached hydrogen (secondary N) is 2. The summed E-state index contributed by atoms with van der Waals surface area (Å²) in [5.74, 6) is 1.07. The van der Waals surface area contributed by atoms with Gasteiger partial charge in [0.05, 0.1) is 0 Å². The Morgan fingerprint density at radius 3 is 2.86 bits per heavy atom. The second-order valence-electron chi connectivity index (χ2n) is 3.21. The van der Waals surface area contributed by atoms with Crippen molar-refractivity contribution in [2.75, 3.05) is 12.3 Å². The standard InChI is InChI=1S/C10H19N3S/c1-3-9(4-2)11-7-8-14-10-12-5-6-13-10/h5-6,9,11H,3-4,7-8H2,1-2H3,(H,12,13). The van der Waals surface area contributed by atoms with Crippen LogP contribution in [0.2, 0.25) is 0 Å². The molecule has 1 rings (SSSR count). The van der Waals surface area contributed by atoms with E-state index in [1.807, 2.05) is 6.20 Å². The molecule has 0 aliphatic carbocycles. The number of rotatable bonds is 7. The van der Waals surface area contributed by atoms with Crippen molar-refractivity contribution in [1.82, 2.24) is 15.3 Å². The summed E-state index contributed by atoms with van der Waals surface area (Å²) in [6, 6.07) is 0.673. The largest absolute Gasteiger partial charge is 0.340 e. The molecule has 0 atom stereocenters. The summed E-state index contributed by atoms with van der Waals surface area (Å²) in [5.41, 5.74) is 0. The number of thioether (sulfide) groups is 1. The van der Waals surface area contributed by atoms with Gasteiger partial charge in [0.15, 0.2) is 5.16 Å². The van der Waals surface area contributed by atoms with Gasteiger partial charge < -0.3 is 10.3 Å². The molecule has 1 heterocycles. The Labute approximate surface area is 90.1 Å². The van der Waals surface area contributed by atoms with Crippen LogP contribution in [-0.4, -0.2) is 28.3 Å². The molecule has 0 bridgehead atoms. The molecule has 80 valence electrons. The highest BCUT2D eigenvalue weighted by atomic mass is 32.2. The van der Waals surface area contributed by atoms with Crippen molar-refractivity contribution in [3.63, 3.8) is 0 Å². The van der Waals surface area contributed by atoms with Crippen molar-refractivity contribution < 1.29 is 0 Å². The predicted octanol–water partition coefficient (Wildman–Crippen LogP) is 2.28. The Morgan fingerprint density at radius 2 is 2.29 bits per heavy atom. The normalized spacial score (nSPS) is 11.1. The van der Waals surface area contributed by atoms with E-state index in [1.165, 1.54) is 12.8 Å². The van der Waals surface area contributed by atoms with E-state index in [1.54, 1.807) is 18.0 Å². The first-order valence-corrected chi connectivity index (χ1v) is 6.21. The molecule has 0 aromatic carbocycles. The van der Waals surface area contributed by atoms with Crippen molar-refractivity contribution in [3.8, 4) is 0 Å². The molecule has 1 aromatic heterocycles. The molecule has 0 saturated heterocycles. The molecule has 14 heavy (non-hydrogen) atoms. The summed E-state index contributed by atoms with van der Waals surface area (Å²) in [5, 5.41) is 4.53. The first-order chi connectivity index (χ1) is 6.86. The minimum Gasteiger partial charge on any atom is -0.340 e. The molecular weight excluding hydrogens is 194 g/mol. The Bertz CT molecular complexity index is 219. The summed E-state index contributed by atoms with van der Waals surface area (Å²) in [6.45, 7) is 5.50. The smallest absolute Gasteiger partial charge is 0.165 e. The molecule has 0 fully saturated rings. The monoisotopic (exact) mass is 213 g/mol. The van der Waals surface area contributed by atoms with Gasteiger partial charge in [0.1, 0.15) is 0 Å². The summed E-state index contributed by atoms with van der Waals surface area (Å²) < 4.78 is 0. The SMILES string of the molecule is CCC(CC)NCCSc1ncc[nH]1. The van der Waals surface area contributed by atoms with Crippen LogP contribution in [0.25, 0.3) is 0 Å². The molecule has 0 radical (unpaired) electrons. The number of imidazole rings is 1. The van der Waals surface area contributed by atoms with Crippen molar-refractivity contribution in [2.45, 2.75) is 37.9 Å². The zero-order valence-electron chi connectivity index (χ0n) is 8.92. The molecule has 0 spiro atoms. The maximum absolute atomic E-state index is 4.15. The van der Waals surface area contributed by atoms with Crippen LogP contribution >= 0.6 is 11.8 Å².